The minimum atomic E-state index is -3.67. The topological polar surface area (TPSA) is 54.4 Å². The van der Waals surface area contributed by atoms with Gasteiger partial charge in [-0.3, -0.25) is 4.55 Å². The summed E-state index contributed by atoms with van der Waals surface area (Å²) < 4.78 is 25.9. The maximum absolute atomic E-state index is 9.19. The predicted molar refractivity (Wildman–Crippen MR) is 36.9 cm³/mol. The zero-order chi connectivity index (χ0) is 6.50. The first-order valence-corrected chi connectivity index (χ1v) is 5.77. The molecule has 1 N–H and O–H groups in total. The number of hydrogen-bond donors (Lipinski definition) is 1. The lowest BCUT2D eigenvalue weighted by Gasteiger charge is -1.69. The fraction of sp³-hybridized carbons (Fsp3) is 1.00. The van der Waals surface area contributed by atoms with Crippen molar-refractivity contribution >= 4 is 28.0 Å². The van der Waals surface area contributed by atoms with Crippen LogP contribution < -0.4 is 0 Å². The molecule has 0 aliphatic carbocycles. The second-order valence-electron chi connectivity index (χ2n) is 0.733. The van der Waals surface area contributed by atoms with E-state index in [0.717, 1.165) is 0 Å². The Bertz CT molecular complexity index is 96.1. The van der Waals surface area contributed by atoms with Crippen molar-refractivity contribution in [1.82, 2.24) is 0 Å². The Morgan fingerprint density at radius 1 is 1.43 bits per heavy atom. The predicted octanol–water partition coefficient (Wildman–Crippen LogP) is 0.156. The molecule has 0 amide bonds. The molecule has 0 fully saturated rings. The van der Waals surface area contributed by atoms with Crippen LogP contribution in [0.25, 0.3) is 0 Å². The number of hydrogen-bond acceptors (Lipinski definition) is 2. The Kier molecular flexibility index (Phi) is 7.51. The van der Waals surface area contributed by atoms with E-state index < -0.39 is 10.1 Å². The Morgan fingerprint density at radius 2 is 1.43 bits per heavy atom. The Labute approximate surface area is 47.9 Å². The molecular weight excluding hydrogens is 154 g/mol. The molecule has 3 nitrogen and oxygen atoms in total. The van der Waals surface area contributed by atoms with E-state index in [4.69, 9.17) is 4.55 Å². The molecule has 0 spiro atoms. The van der Waals surface area contributed by atoms with Crippen molar-refractivity contribution in [1.29, 1.82) is 0 Å². The number of rotatable bonds is 0. The molecule has 0 aromatic heterocycles. The van der Waals surface area contributed by atoms with Gasteiger partial charge in [0.25, 0.3) is 10.1 Å². The van der Waals surface area contributed by atoms with Gasteiger partial charge in [0.2, 0.25) is 0 Å². The van der Waals surface area contributed by atoms with Crippen LogP contribution in [0.2, 0.25) is 0 Å². The SMILES string of the molecule is CS(=O)(=O)O.PP. The first-order valence-electron chi connectivity index (χ1n) is 1.26. The lowest BCUT2D eigenvalue weighted by atomic mass is 12.0. The van der Waals surface area contributed by atoms with Crippen molar-refractivity contribution in [2.45, 2.75) is 0 Å². The summed E-state index contributed by atoms with van der Waals surface area (Å²) in [6.07, 6.45) is 0.715. The molecule has 0 aromatic rings. The van der Waals surface area contributed by atoms with Crippen molar-refractivity contribution in [3.63, 3.8) is 0 Å². The normalized spacial score (nSPS) is 9.14. The highest BCUT2D eigenvalue weighted by molar-refractivity contribution is 7.92. The first-order chi connectivity index (χ1) is 3.00. The highest BCUT2D eigenvalue weighted by Gasteiger charge is 1.81. The molecule has 0 saturated heterocycles. The summed E-state index contributed by atoms with van der Waals surface area (Å²) in [5, 5.41) is 0. The summed E-state index contributed by atoms with van der Waals surface area (Å²) in [6.45, 7) is 0. The van der Waals surface area contributed by atoms with Gasteiger partial charge in [-0.2, -0.15) is 8.42 Å². The molecule has 2 unspecified atom stereocenters. The molecule has 0 aliphatic heterocycles. The molecule has 46 valence electrons. The molecule has 0 bridgehead atoms. The monoisotopic (exact) mass is 162 g/mol. The minimum absolute atomic E-state index is 0.715. The highest BCUT2D eigenvalue weighted by atomic mass is 32.2. The van der Waals surface area contributed by atoms with Crippen molar-refractivity contribution < 1.29 is 13.0 Å². The van der Waals surface area contributed by atoms with Crippen LogP contribution >= 0.6 is 17.9 Å². The van der Waals surface area contributed by atoms with E-state index >= 15 is 0 Å². The maximum Gasteiger partial charge on any atom is 0.261 e. The molecule has 0 aromatic carbocycles. The van der Waals surface area contributed by atoms with Gasteiger partial charge in [-0.05, 0) is 0 Å². The largest absolute Gasteiger partial charge is 0.286 e. The average molecular weight is 162 g/mol. The van der Waals surface area contributed by atoms with Gasteiger partial charge in [0, 0.05) is 0 Å². The zero-order valence-corrected chi connectivity index (χ0v) is 6.95. The third-order valence-corrected chi connectivity index (χ3v) is 0. The Hall–Kier alpha value is 0.770. The first kappa shape index (κ1) is 10.7. The Morgan fingerprint density at radius 3 is 1.43 bits per heavy atom. The van der Waals surface area contributed by atoms with Gasteiger partial charge < -0.3 is 0 Å². The van der Waals surface area contributed by atoms with E-state index in [1.54, 1.807) is 0 Å². The lowest BCUT2D eigenvalue weighted by Crippen LogP contribution is -1.88. The van der Waals surface area contributed by atoms with Gasteiger partial charge in [-0.25, -0.2) is 0 Å². The van der Waals surface area contributed by atoms with E-state index in [-0.39, 0.29) is 0 Å². The summed E-state index contributed by atoms with van der Waals surface area (Å²) in [4.78, 5) is 0. The second kappa shape index (κ2) is 4.92. The fourth-order valence-electron chi connectivity index (χ4n) is 0. The van der Waals surface area contributed by atoms with Crippen molar-refractivity contribution in [3.8, 4) is 0 Å². The van der Waals surface area contributed by atoms with Gasteiger partial charge in [-0.1, -0.05) is 0 Å². The van der Waals surface area contributed by atoms with Crippen LogP contribution in [0.4, 0.5) is 0 Å². The molecule has 0 saturated carbocycles. The van der Waals surface area contributed by atoms with E-state index in [1.807, 2.05) is 0 Å². The van der Waals surface area contributed by atoms with Crippen LogP contribution in [0, 0.1) is 0 Å². The highest BCUT2D eigenvalue weighted by Crippen LogP contribution is 1.86. The van der Waals surface area contributed by atoms with Gasteiger partial charge >= 0.3 is 0 Å². The van der Waals surface area contributed by atoms with Crippen LogP contribution in [0.3, 0.4) is 0 Å². The lowest BCUT2D eigenvalue weighted by molar-refractivity contribution is 0.490. The molecule has 2 atom stereocenters. The molecule has 0 radical (unpaired) electrons. The molecule has 7 heavy (non-hydrogen) atoms. The van der Waals surface area contributed by atoms with Crippen LogP contribution in [0.1, 0.15) is 0 Å². The van der Waals surface area contributed by atoms with Crippen LogP contribution in [0.5, 0.6) is 0 Å². The molecular formula is CH8O3P2S. The quantitative estimate of drug-likeness (QED) is 0.407. The van der Waals surface area contributed by atoms with E-state index in [0.29, 0.717) is 6.26 Å². The molecule has 0 rings (SSSR count). The summed E-state index contributed by atoms with van der Waals surface area (Å²) in [5.74, 6) is 0. The van der Waals surface area contributed by atoms with Crippen molar-refractivity contribution in [2.75, 3.05) is 6.26 Å². The molecule has 0 aliphatic rings. The third-order valence-electron chi connectivity index (χ3n) is 0. The molecule has 0 heterocycles. The van der Waals surface area contributed by atoms with Crippen molar-refractivity contribution in [3.05, 3.63) is 0 Å². The van der Waals surface area contributed by atoms with Crippen molar-refractivity contribution in [2.24, 2.45) is 0 Å². The van der Waals surface area contributed by atoms with Gasteiger partial charge in [0.15, 0.2) is 0 Å². The minimum Gasteiger partial charge on any atom is -0.286 e. The third kappa shape index (κ3) is 260. The Balaban J connectivity index is 0. The molecule has 6 heteroatoms. The van der Waals surface area contributed by atoms with Gasteiger partial charge in [0.05, 0.1) is 6.26 Å². The summed E-state index contributed by atoms with van der Waals surface area (Å²) in [7, 11) is 1.000. The average Bonchev–Trinajstić information content (AvgIpc) is 1.36. The van der Waals surface area contributed by atoms with Crippen LogP contribution in [-0.4, -0.2) is 19.2 Å². The maximum atomic E-state index is 9.19. The van der Waals surface area contributed by atoms with E-state index in [1.165, 1.54) is 0 Å². The van der Waals surface area contributed by atoms with E-state index in [2.05, 4.69) is 17.9 Å². The van der Waals surface area contributed by atoms with Gasteiger partial charge in [0.1, 0.15) is 0 Å². The second-order valence-corrected chi connectivity index (χ2v) is 2.20. The van der Waals surface area contributed by atoms with E-state index in [9.17, 15) is 8.42 Å². The van der Waals surface area contributed by atoms with Crippen LogP contribution in [0.15, 0.2) is 0 Å². The summed E-state index contributed by atoms with van der Waals surface area (Å²) in [6, 6.07) is 0. The summed E-state index contributed by atoms with van der Waals surface area (Å²) in [5.41, 5.74) is 0. The standard InChI is InChI=1S/CH4O3S.H4P2/c1-5(2,3)4;1-2/h1H3,(H,2,3,4);1-2H2. The smallest absolute Gasteiger partial charge is 0.261 e. The fourth-order valence-corrected chi connectivity index (χ4v) is 0. The summed E-state index contributed by atoms with van der Waals surface area (Å²) >= 11 is 0. The van der Waals surface area contributed by atoms with Gasteiger partial charge in [-0.15, -0.1) is 17.9 Å². The van der Waals surface area contributed by atoms with Crippen LogP contribution in [-0.2, 0) is 10.1 Å². The zero-order valence-electron chi connectivity index (χ0n) is 3.83.